The number of benzene rings is 2. The van der Waals surface area contributed by atoms with Crippen LogP contribution in [0.25, 0.3) is 0 Å². The Bertz CT molecular complexity index is 993. The zero-order valence-corrected chi connectivity index (χ0v) is 16.4. The van der Waals surface area contributed by atoms with Crippen LogP contribution in [-0.2, 0) is 25.3 Å². The summed E-state index contributed by atoms with van der Waals surface area (Å²) in [6.45, 7) is -0.735. The van der Waals surface area contributed by atoms with Crippen molar-refractivity contribution in [2.24, 2.45) is 5.92 Å². The van der Waals surface area contributed by atoms with Crippen molar-refractivity contribution in [3.05, 3.63) is 54.1 Å². The number of halogens is 3. The van der Waals surface area contributed by atoms with Gasteiger partial charge in [-0.05, 0) is 24.3 Å². The topological polar surface area (TPSA) is 84.9 Å². The molecule has 2 aromatic carbocycles. The van der Waals surface area contributed by atoms with Crippen molar-refractivity contribution in [2.75, 3.05) is 30.5 Å². The van der Waals surface area contributed by atoms with Crippen LogP contribution in [0, 0.1) is 5.92 Å². The summed E-state index contributed by atoms with van der Waals surface area (Å²) in [5.41, 5.74) is -0.940. The standard InChI is InChI=1S/C21H19F3N2O5/c1-30-17-9-5-4-8-16(17)26-11-13(10-19(26)28)20(29)31-12-18(27)25-15-7-3-2-6-14(15)21(22,23)24/h2-9,13H,10-12H2,1H3,(H,25,27)/t13-/m1/s1. The molecule has 1 N–H and O–H groups in total. The van der Waals surface area contributed by atoms with E-state index in [9.17, 15) is 27.6 Å². The molecule has 31 heavy (non-hydrogen) atoms. The van der Waals surface area contributed by atoms with Crippen molar-refractivity contribution in [1.29, 1.82) is 0 Å². The molecule has 1 aliphatic rings. The van der Waals surface area contributed by atoms with Gasteiger partial charge in [-0.1, -0.05) is 24.3 Å². The number of carbonyl (C=O) groups excluding carboxylic acids is 3. The van der Waals surface area contributed by atoms with Gasteiger partial charge in [0.2, 0.25) is 5.91 Å². The second-order valence-electron chi connectivity index (χ2n) is 6.78. The van der Waals surface area contributed by atoms with Crippen LogP contribution >= 0.6 is 0 Å². The quantitative estimate of drug-likeness (QED) is 0.703. The average Bonchev–Trinajstić information content (AvgIpc) is 3.13. The Morgan fingerprint density at radius 3 is 2.52 bits per heavy atom. The molecule has 0 aromatic heterocycles. The van der Waals surface area contributed by atoms with Gasteiger partial charge in [0.25, 0.3) is 5.91 Å². The molecule has 1 fully saturated rings. The summed E-state index contributed by atoms with van der Waals surface area (Å²) in [5.74, 6) is -2.36. The third-order valence-corrected chi connectivity index (χ3v) is 4.69. The van der Waals surface area contributed by atoms with Crippen LogP contribution in [0.3, 0.4) is 0 Å². The van der Waals surface area contributed by atoms with Crippen LogP contribution in [0.2, 0.25) is 0 Å². The van der Waals surface area contributed by atoms with Gasteiger partial charge < -0.3 is 19.7 Å². The first kappa shape index (κ1) is 22.1. The Kier molecular flexibility index (Phi) is 6.47. The predicted molar refractivity (Wildman–Crippen MR) is 104 cm³/mol. The van der Waals surface area contributed by atoms with E-state index in [0.717, 1.165) is 12.1 Å². The van der Waals surface area contributed by atoms with Crippen molar-refractivity contribution in [1.82, 2.24) is 0 Å². The fraction of sp³-hybridized carbons (Fsp3) is 0.286. The van der Waals surface area contributed by atoms with E-state index < -0.39 is 41.8 Å². The van der Waals surface area contributed by atoms with Gasteiger partial charge in [-0.3, -0.25) is 14.4 Å². The zero-order valence-electron chi connectivity index (χ0n) is 16.4. The minimum atomic E-state index is -4.65. The monoisotopic (exact) mass is 436 g/mol. The maximum atomic E-state index is 13.0. The molecule has 1 heterocycles. The molecule has 0 unspecified atom stereocenters. The number of carbonyl (C=O) groups is 3. The maximum Gasteiger partial charge on any atom is 0.418 e. The van der Waals surface area contributed by atoms with E-state index in [0.29, 0.717) is 11.4 Å². The molecule has 1 saturated heterocycles. The Morgan fingerprint density at radius 1 is 1.13 bits per heavy atom. The molecule has 0 bridgehead atoms. The first-order valence-electron chi connectivity index (χ1n) is 9.26. The van der Waals surface area contributed by atoms with Crippen LogP contribution in [0.1, 0.15) is 12.0 Å². The number of methoxy groups -OCH3 is 1. The van der Waals surface area contributed by atoms with Gasteiger partial charge in [0, 0.05) is 13.0 Å². The molecule has 7 nitrogen and oxygen atoms in total. The lowest BCUT2D eigenvalue weighted by Crippen LogP contribution is -2.28. The van der Waals surface area contributed by atoms with E-state index in [1.807, 2.05) is 0 Å². The molecule has 1 atom stereocenters. The molecular weight excluding hydrogens is 417 g/mol. The van der Waals surface area contributed by atoms with Crippen molar-refractivity contribution < 1.29 is 37.0 Å². The van der Waals surface area contributed by atoms with Crippen molar-refractivity contribution in [3.8, 4) is 5.75 Å². The molecule has 2 amide bonds. The van der Waals surface area contributed by atoms with Gasteiger partial charge in [-0.15, -0.1) is 0 Å². The second-order valence-corrected chi connectivity index (χ2v) is 6.78. The second kappa shape index (κ2) is 9.07. The highest BCUT2D eigenvalue weighted by molar-refractivity contribution is 6.01. The summed E-state index contributed by atoms with van der Waals surface area (Å²) in [6.07, 6.45) is -4.76. The predicted octanol–water partition coefficient (Wildman–Crippen LogP) is 3.25. The van der Waals surface area contributed by atoms with Crippen LogP contribution in [-0.4, -0.2) is 38.0 Å². The minimum absolute atomic E-state index is 0.0383. The molecule has 0 radical (unpaired) electrons. The number of ether oxygens (including phenoxy) is 2. The summed E-state index contributed by atoms with van der Waals surface area (Å²) >= 11 is 0. The van der Waals surface area contributed by atoms with E-state index in [2.05, 4.69) is 5.32 Å². The van der Waals surface area contributed by atoms with Crippen LogP contribution in [0.5, 0.6) is 5.75 Å². The summed E-state index contributed by atoms with van der Waals surface area (Å²) in [5, 5.41) is 2.09. The number of hydrogen-bond acceptors (Lipinski definition) is 5. The third kappa shape index (κ3) is 5.14. The number of nitrogens with zero attached hydrogens (tertiary/aromatic N) is 1. The summed E-state index contributed by atoms with van der Waals surface area (Å²) in [7, 11) is 1.46. The third-order valence-electron chi connectivity index (χ3n) is 4.69. The van der Waals surface area contributed by atoms with Crippen LogP contribution in [0.4, 0.5) is 24.5 Å². The number of esters is 1. The fourth-order valence-electron chi connectivity index (χ4n) is 3.23. The molecule has 0 spiro atoms. The van der Waals surface area contributed by atoms with Gasteiger partial charge in [0.15, 0.2) is 6.61 Å². The SMILES string of the molecule is COc1ccccc1N1C[C@H](C(=O)OCC(=O)Nc2ccccc2C(F)(F)F)CC1=O. The lowest BCUT2D eigenvalue weighted by atomic mass is 10.1. The molecular formula is C21H19F3N2O5. The van der Waals surface area contributed by atoms with E-state index in [-0.39, 0.29) is 18.9 Å². The Balaban J connectivity index is 1.58. The Hall–Kier alpha value is -3.56. The Morgan fingerprint density at radius 2 is 1.81 bits per heavy atom. The normalized spacial score (nSPS) is 16.2. The average molecular weight is 436 g/mol. The van der Waals surface area contributed by atoms with Gasteiger partial charge in [0.05, 0.1) is 30.0 Å². The fourth-order valence-corrected chi connectivity index (χ4v) is 3.23. The summed E-state index contributed by atoms with van der Waals surface area (Å²) < 4.78 is 49.2. The minimum Gasteiger partial charge on any atom is -0.495 e. The van der Waals surface area contributed by atoms with Crippen molar-refractivity contribution in [3.63, 3.8) is 0 Å². The highest BCUT2D eigenvalue weighted by Gasteiger charge is 2.37. The molecule has 2 aromatic rings. The number of amides is 2. The Labute approximate surface area is 175 Å². The number of hydrogen-bond donors (Lipinski definition) is 1. The van der Waals surface area contributed by atoms with Gasteiger partial charge >= 0.3 is 12.1 Å². The zero-order chi connectivity index (χ0) is 22.6. The lowest BCUT2D eigenvalue weighted by molar-refractivity contribution is -0.151. The lowest BCUT2D eigenvalue weighted by Gasteiger charge is -2.19. The van der Waals surface area contributed by atoms with E-state index >= 15 is 0 Å². The van der Waals surface area contributed by atoms with Crippen LogP contribution < -0.4 is 15.0 Å². The van der Waals surface area contributed by atoms with E-state index in [1.54, 1.807) is 24.3 Å². The van der Waals surface area contributed by atoms with Crippen molar-refractivity contribution >= 4 is 29.2 Å². The molecule has 3 rings (SSSR count). The number of nitrogens with one attached hydrogen (secondary N) is 1. The van der Waals surface area contributed by atoms with Gasteiger partial charge in [-0.25, -0.2) is 0 Å². The number of alkyl halides is 3. The van der Waals surface area contributed by atoms with Crippen LogP contribution in [0.15, 0.2) is 48.5 Å². The van der Waals surface area contributed by atoms with E-state index in [1.165, 1.54) is 24.1 Å². The molecule has 0 saturated carbocycles. The highest BCUT2D eigenvalue weighted by Crippen LogP contribution is 2.35. The first-order valence-corrected chi connectivity index (χ1v) is 9.26. The summed E-state index contributed by atoms with van der Waals surface area (Å²) in [6, 6.07) is 11.3. The largest absolute Gasteiger partial charge is 0.495 e. The maximum absolute atomic E-state index is 13.0. The van der Waals surface area contributed by atoms with Gasteiger partial charge in [0.1, 0.15) is 5.75 Å². The molecule has 10 heteroatoms. The summed E-state index contributed by atoms with van der Waals surface area (Å²) in [4.78, 5) is 38.0. The molecule has 1 aliphatic heterocycles. The molecule has 164 valence electrons. The molecule has 0 aliphatic carbocycles. The number of anilines is 2. The first-order chi connectivity index (χ1) is 14.7. The van der Waals surface area contributed by atoms with E-state index in [4.69, 9.17) is 9.47 Å². The number of para-hydroxylation sites is 3. The number of rotatable bonds is 6. The smallest absolute Gasteiger partial charge is 0.418 e. The van der Waals surface area contributed by atoms with Gasteiger partial charge in [-0.2, -0.15) is 13.2 Å². The van der Waals surface area contributed by atoms with Crippen molar-refractivity contribution in [2.45, 2.75) is 12.6 Å². The highest BCUT2D eigenvalue weighted by atomic mass is 19.4.